The Kier molecular flexibility index (Phi) is 4.47. The van der Waals surface area contributed by atoms with E-state index in [0.717, 1.165) is 4.68 Å². The van der Waals surface area contributed by atoms with Crippen molar-refractivity contribution in [1.82, 2.24) is 24.5 Å². The predicted octanol–water partition coefficient (Wildman–Crippen LogP) is 0.849. The van der Waals surface area contributed by atoms with Gasteiger partial charge in [0, 0.05) is 17.8 Å². The number of nitrogens with zero attached hydrogens (tertiary/aromatic N) is 5. The fourth-order valence-electron chi connectivity index (χ4n) is 2.91. The Labute approximate surface area is 163 Å². The Morgan fingerprint density at radius 1 is 1.03 bits per heavy atom. The van der Waals surface area contributed by atoms with Gasteiger partial charge < -0.3 is 14.2 Å². The molecule has 29 heavy (non-hydrogen) atoms. The van der Waals surface area contributed by atoms with Crippen LogP contribution < -0.4 is 25.2 Å². The van der Waals surface area contributed by atoms with E-state index < -0.39 is 11.5 Å². The van der Waals surface area contributed by atoms with Crippen molar-refractivity contribution in [2.75, 3.05) is 26.8 Å². The summed E-state index contributed by atoms with van der Waals surface area (Å²) in [6.45, 7) is 0. The van der Waals surface area contributed by atoms with Gasteiger partial charge in [0.05, 0.1) is 27.5 Å². The molecule has 0 bridgehead atoms. The fraction of sp³-hybridized carbons (Fsp3) is 0.167. The van der Waals surface area contributed by atoms with E-state index in [-0.39, 0.29) is 11.1 Å². The van der Waals surface area contributed by atoms with Gasteiger partial charge in [0.25, 0.3) is 11.5 Å². The van der Waals surface area contributed by atoms with Crippen molar-refractivity contribution in [3.8, 4) is 17.2 Å². The van der Waals surface area contributed by atoms with Crippen molar-refractivity contribution in [3.63, 3.8) is 0 Å². The molecule has 0 fully saturated rings. The second kappa shape index (κ2) is 7.11. The summed E-state index contributed by atoms with van der Waals surface area (Å²) < 4.78 is 18.3. The SMILES string of the molecule is COc1cc(C(=O)Nn2ccc3c(nnc4ccnn43)c2=O)cc(OC)c1OC. The van der Waals surface area contributed by atoms with Crippen molar-refractivity contribution >= 4 is 22.6 Å². The Balaban J connectivity index is 1.73. The van der Waals surface area contributed by atoms with Gasteiger partial charge >= 0.3 is 0 Å². The molecule has 0 aliphatic heterocycles. The van der Waals surface area contributed by atoms with Crippen molar-refractivity contribution in [2.24, 2.45) is 0 Å². The molecule has 0 saturated heterocycles. The lowest BCUT2D eigenvalue weighted by molar-refractivity contribution is 0.101. The molecule has 1 aromatic carbocycles. The van der Waals surface area contributed by atoms with Gasteiger partial charge in [-0.2, -0.15) is 5.10 Å². The van der Waals surface area contributed by atoms with Crippen LogP contribution >= 0.6 is 0 Å². The average molecular weight is 396 g/mol. The highest BCUT2D eigenvalue weighted by Crippen LogP contribution is 2.38. The first-order chi connectivity index (χ1) is 14.1. The Bertz CT molecular complexity index is 1270. The van der Waals surface area contributed by atoms with Gasteiger partial charge in [-0.05, 0) is 18.2 Å². The number of aromatic nitrogens is 5. The summed E-state index contributed by atoms with van der Waals surface area (Å²) in [7, 11) is 4.36. The number of ether oxygens (including phenoxy) is 3. The molecule has 4 rings (SSSR count). The molecule has 0 aliphatic carbocycles. The van der Waals surface area contributed by atoms with Crippen LogP contribution in [0.1, 0.15) is 10.4 Å². The van der Waals surface area contributed by atoms with Gasteiger partial charge in [-0.3, -0.25) is 15.0 Å². The molecule has 1 amide bonds. The summed E-state index contributed by atoms with van der Waals surface area (Å²) in [5, 5.41) is 12.0. The Morgan fingerprint density at radius 3 is 2.41 bits per heavy atom. The molecule has 0 radical (unpaired) electrons. The van der Waals surface area contributed by atoms with Crippen LogP contribution in [-0.2, 0) is 0 Å². The van der Waals surface area contributed by atoms with Crippen LogP contribution in [0, 0.1) is 0 Å². The van der Waals surface area contributed by atoms with Gasteiger partial charge in [-0.25, -0.2) is 9.19 Å². The van der Waals surface area contributed by atoms with Crippen LogP contribution in [0.3, 0.4) is 0 Å². The number of benzene rings is 1. The normalized spacial score (nSPS) is 10.9. The van der Waals surface area contributed by atoms with Crippen LogP contribution in [0.4, 0.5) is 0 Å². The zero-order valence-electron chi connectivity index (χ0n) is 15.7. The van der Waals surface area contributed by atoms with Gasteiger partial charge in [-0.1, -0.05) is 0 Å². The van der Waals surface area contributed by atoms with Crippen molar-refractivity contribution in [2.45, 2.75) is 0 Å². The van der Waals surface area contributed by atoms with Gasteiger partial charge in [-0.15, -0.1) is 10.2 Å². The van der Waals surface area contributed by atoms with E-state index in [2.05, 4.69) is 20.7 Å². The second-order valence-electron chi connectivity index (χ2n) is 5.88. The van der Waals surface area contributed by atoms with Crippen LogP contribution in [0.5, 0.6) is 17.2 Å². The Morgan fingerprint density at radius 2 is 1.76 bits per heavy atom. The third-order valence-corrected chi connectivity index (χ3v) is 4.30. The minimum Gasteiger partial charge on any atom is -0.493 e. The van der Waals surface area contributed by atoms with Crippen molar-refractivity contribution in [3.05, 3.63) is 52.6 Å². The number of rotatable bonds is 5. The summed E-state index contributed by atoms with van der Waals surface area (Å²) in [5.41, 5.74) is 3.23. The number of hydrogen-bond acceptors (Lipinski definition) is 8. The minimum absolute atomic E-state index is 0.0638. The van der Waals surface area contributed by atoms with E-state index in [4.69, 9.17) is 14.2 Å². The highest BCUT2D eigenvalue weighted by molar-refractivity contribution is 6.01. The molecule has 148 valence electrons. The summed E-state index contributed by atoms with van der Waals surface area (Å²) in [5.74, 6) is 0.427. The van der Waals surface area contributed by atoms with E-state index in [1.54, 1.807) is 18.3 Å². The molecule has 0 aliphatic rings. The van der Waals surface area contributed by atoms with E-state index in [9.17, 15) is 9.59 Å². The first-order valence-electron chi connectivity index (χ1n) is 8.40. The highest BCUT2D eigenvalue weighted by Gasteiger charge is 2.18. The van der Waals surface area contributed by atoms with Crippen LogP contribution in [-0.4, -0.2) is 51.7 Å². The molecule has 0 spiro atoms. The molecule has 4 aromatic rings. The maximum atomic E-state index is 12.7. The van der Waals surface area contributed by atoms with E-state index in [0.29, 0.717) is 28.4 Å². The molecular weight excluding hydrogens is 380 g/mol. The largest absolute Gasteiger partial charge is 0.493 e. The quantitative estimate of drug-likeness (QED) is 0.527. The lowest BCUT2D eigenvalue weighted by atomic mass is 10.1. The summed E-state index contributed by atoms with van der Waals surface area (Å²) in [6, 6.07) is 6.25. The van der Waals surface area contributed by atoms with Gasteiger partial charge in [0.2, 0.25) is 5.75 Å². The molecule has 0 unspecified atom stereocenters. The van der Waals surface area contributed by atoms with Crippen LogP contribution in [0.25, 0.3) is 16.7 Å². The zero-order chi connectivity index (χ0) is 20.5. The molecule has 11 nitrogen and oxygen atoms in total. The molecule has 3 aromatic heterocycles. The average Bonchev–Trinajstić information content (AvgIpc) is 3.23. The molecule has 0 atom stereocenters. The predicted molar refractivity (Wildman–Crippen MR) is 102 cm³/mol. The summed E-state index contributed by atoms with van der Waals surface area (Å²) in [4.78, 5) is 25.5. The van der Waals surface area contributed by atoms with Crippen LogP contribution in [0.15, 0.2) is 41.5 Å². The molecule has 1 N–H and O–H groups in total. The third kappa shape index (κ3) is 2.98. The Hall–Kier alpha value is -4.15. The highest BCUT2D eigenvalue weighted by atomic mass is 16.5. The van der Waals surface area contributed by atoms with E-state index >= 15 is 0 Å². The zero-order valence-corrected chi connectivity index (χ0v) is 15.7. The number of carbonyl (C=O) groups is 1. The first kappa shape index (κ1) is 18.2. The lowest BCUT2D eigenvalue weighted by Crippen LogP contribution is -2.33. The molecule has 3 heterocycles. The smallest absolute Gasteiger partial charge is 0.299 e. The number of amides is 1. The van der Waals surface area contributed by atoms with Gasteiger partial charge in [0.1, 0.15) is 5.52 Å². The minimum atomic E-state index is -0.557. The number of methoxy groups -OCH3 is 3. The van der Waals surface area contributed by atoms with E-state index in [1.807, 2.05) is 0 Å². The third-order valence-electron chi connectivity index (χ3n) is 4.30. The van der Waals surface area contributed by atoms with E-state index in [1.165, 1.54) is 44.2 Å². The molecule has 0 saturated carbocycles. The maximum Gasteiger partial charge on any atom is 0.299 e. The monoisotopic (exact) mass is 396 g/mol. The first-order valence-corrected chi connectivity index (χ1v) is 8.40. The van der Waals surface area contributed by atoms with Crippen molar-refractivity contribution in [1.29, 1.82) is 0 Å². The lowest BCUT2D eigenvalue weighted by Gasteiger charge is -2.14. The number of pyridine rings is 1. The van der Waals surface area contributed by atoms with Crippen molar-refractivity contribution < 1.29 is 19.0 Å². The number of nitrogens with one attached hydrogen (secondary N) is 1. The molecular formula is C18H16N6O5. The number of fused-ring (bicyclic) bond motifs is 3. The number of hydrogen-bond donors (Lipinski definition) is 1. The maximum absolute atomic E-state index is 12.7. The number of carbonyl (C=O) groups excluding carboxylic acids is 1. The summed E-state index contributed by atoms with van der Waals surface area (Å²) >= 11 is 0. The van der Waals surface area contributed by atoms with Gasteiger partial charge in [0.15, 0.2) is 22.7 Å². The fourth-order valence-corrected chi connectivity index (χ4v) is 2.91. The molecule has 11 heteroatoms. The summed E-state index contributed by atoms with van der Waals surface area (Å²) in [6.07, 6.45) is 2.98. The second-order valence-corrected chi connectivity index (χ2v) is 5.88. The standard InChI is InChI=1S/C18H16N6O5/c1-27-12-8-10(9-13(28-2)16(12)29-3)17(25)22-23-7-5-11-15(18(23)26)21-20-14-4-6-19-24(11)14/h4-9H,1-3H3,(H,22,25). The van der Waals surface area contributed by atoms with Crippen LogP contribution in [0.2, 0.25) is 0 Å². The topological polar surface area (TPSA) is 122 Å².